The first kappa shape index (κ1) is 63.8. The first-order chi connectivity index (χ1) is 33.6. The van der Waals surface area contributed by atoms with Crippen LogP contribution in [0.25, 0.3) is 0 Å². The van der Waals surface area contributed by atoms with Crippen molar-refractivity contribution in [3.05, 3.63) is 12.2 Å². The molecule has 2 rings (SSSR count). The molecular weight excluding hydrogens is 885 g/mol. The second-order valence-electron chi connectivity index (χ2n) is 20.1. The van der Waals surface area contributed by atoms with Crippen molar-refractivity contribution in [2.75, 3.05) is 33.0 Å². The van der Waals surface area contributed by atoms with E-state index in [1.54, 1.807) is 0 Å². The van der Waals surface area contributed by atoms with Crippen LogP contribution in [0.2, 0.25) is 0 Å². The molecule has 7 N–H and O–H groups in total. The van der Waals surface area contributed by atoms with Crippen molar-refractivity contribution >= 4 is 5.97 Å². The zero-order valence-corrected chi connectivity index (χ0v) is 43.6. The van der Waals surface area contributed by atoms with Crippen LogP contribution >= 0.6 is 0 Å². The first-order valence-electron chi connectivity index (χ1n) is 28.3. The normalized spacial score (nSPS) is 25.7. The molecule has 0 amide bonds. The summed E-state index contributed by atoms with van der Waals surface area (Å²) >= 11 is 0. The summed E-state index contributed by atoms with van der Waals surface area (Å²) < 4.78 is 34.3. The zero-order chi connectivity index (χ0) is 50.2. The van der Waals surface area contributed by atoms with E-state index >= 15 is 0 Å². The van der Waals surface area contributed by atoms with Gasteiger partial charge in [-0.05, 0) is 32.1 Å². The maximum absolute atomic E-state index is 13.0. The minimum absolute atomic E-state index is 0.0638. The molecule has 2 saturated heterocycles. The molecule has 0 aliphatic carbocycles. The van der Waals surface area contributed by atoms with E-state index in [9.17, 15) is 40.5 Å². The third-order valence-electron chi connectivity index (χ3n) is 13.8. The standard InChI is InChI=1S/C55H104O14/c1-3-5-7-9-11-13-15-16-17-18-19-20-21-22-23-24-25-26-27-28-29-31-33-35-37-39-64-41-44(67-47(57)38-36-34-32-30-14-12-10-8-6-4-2)42-65-54-53(63)51(61)49(59)46(69-54)43-66-55-52(62)50(60)48(58)45(40-56)68-55/h8,10,44-46,48-56,58-63H,3-7,9,11-43H2,1-2H3/b10-8-. The van der Waals surface area contributed by atoms with Crippen molar-refractivity contribution in [3.8, 4) is 0 Å². The Morgan fingerprint density at radius 1 is 0.464 bits per heavy atom. The molecule has 14 nitrogen and oxygen atoms in total. The van der Waals surface area contributed by atoms with Crippen LogP contribution < -0.4 is 0 Å². The lowest BCUT2D eigenvalue weighted by Gasteiger charge is -2.42. The second kappa shape index (κ2) is 43.2. The van der Waals surface area contributed by atoms with E-state index in [4.69, 9.17) is 28.4 Å². The van der Waals surface area contributed by atoms with Crippen LogP contribution in [-0.2, 0) is 33.2 Å². The fourth-order valence-corrected chi connectivity index (χ4v) is 9.17. The maximum Gasteiger partial charge on any atom is 0.306 e. The van der Waals surface area contributed by atoms with Gasteiger partial charge in [0.2, 0.25) is 0 Å². The minimum atomic E-state index is -1.70. The van der Waals surface area contributed by atoms with Crippen molar-refractivity contribution < 1.29 is 69.0 Å². The molecule has 0 bridgehead atoms. The molecule has 2 fully saturated rings. The van der Waals surface area contributed by atoms with E-state index in [1.165, 1.54) is 141 Å². The third kappa shape index (κ3) is 30.5. The fourth-order valence-electron chi connectivity index (χ4n) is 9.17. The zero-order valence-electron chi connectivity index (χ0n) is 43.6. The lowest BCUT2D eigenvalue weighted by atomic mass is 9.98. The van der Waals surface area contributed by atoms with E-state index in [2.05, 4.69) is 26.0 Å². The van der Waals surface area contributed by atoms with Gasteiger partial charge in [0.05, 0.1) is 26.4 Å². The lowest BCUT2D eigenvalue weighted by molar-refractivity contribution is -0.332. The molecule has 11 atom stereocenters. The van der Waals surface area contributed by atoms with Gasteiger partial charge in [0.1, 0.15) is 54.9 Å². The summed E-state index contributed by atoms with van der Waals surface area (Å²) in [5.41, 5.74) is 0. The van der Waals surface area contributed by atoms with E-state index < -0.39 is 80.7 Å². The van der Waals surface area contributed by atoms with Gasteiger partial charge in [-0.1, -0.05) is 206 Å². The fraction of sp³-hybridized carbons (Fsp3) is 0.945. The van der Waals surface area contributed by atoms with Gasteiger partial charge in [-0.3, -0.25) is 4.79 Å². The number of carbonyl (C=O) groups is 1. The molecule has 0 aromatic carbocycles. The number of esters is 1. The molecule has 14 heteroatoms. The van der Waals surface area contributed by atoms with Crippen LogP contribution in [0.5, 0.6) is 0 Å². The molecule has 2 heterocycles. The Balaban J connectivity index is 1.64. The third-order valence-corrected chi connectivity index (χ3v) is 13.8. The van der Waals surface area contributed by atoms with Crippen molar-refractivity contribution in [2.45, 2.75) is 300 Å². The largest absolute Gasteiger partial charge is 0.457 e. The number of hydrogen-bond acceptors (Lipinski definition) is 14. The van der Waals surface area contributed by atoms with E-state index in [0.717, 1.165) is 64.2 Å². The summed E-state index contributed by atoms with van der Waals surface area (Å²) in [5, 5.41) is 72.1. The highest BCUT2D eigenvalue weighted by Gasteiger charge is 2.47. The van der Waals surface area contributed by atoms with Gasteiger partial charge in [0, 0.05) is 13.0 Å². The quantitative estimate of drug-likeness (QED) is 0.0172. The van der Waals surface area contributed by atoms with Gasteiger partial charge in [0.15, 0.2) is 12.6 Å². The van der Waals surface area contributed by atoms with Crippen LogP contribution in [0.3, 0.4) is 0 Å². The van der Waals surface area contributed by atoms with Gasteiger partial charge in [-0.2, -0.15) is 0 Å². The highest BCUT2D eigenvalue weighted by molar-refractivity contribution is 5.69. The van der Waals surface area contributed by atoms with Gasteiger partial charge in [-0.15, -0.1) is 0 Å². The van der Waals surface area contributed by atoms with Crippen molar-refractivity contribution in [1.29, 1.82) is 0 Å². The van der Waals surface area contributed by atoms with Gasteiger partial charge >= 0.3 is 5.97 Å². The van der Waals surface area contributed by atoms with Crippen LogP contribution in [0, 0.1) is 0 Å². The summed E-state index contributed by atoms with van der Waals surface area (Å²) in [6.45, 7) is 3.65. The molecule has 0 spiro atoms. The molecule has 0 saturated carbocycles. The first-order valence-corrected chi connectivity index (χ1v) is 28.3. The Bertz CT molecular complexity index is 1190. The Labute approximate surface area is 418 Å². The smallest absolute Gasteiger partial charge is 0.306 e. The number of aliphatic hydroxyl groups is 7. The number of hydrogen-bond donors (Lipinski definition) is 7. The van der Waals surface area contributed by atoms with Crippen LogP contribution in [0.4, 0.5) is 0 Å². The van der Waals surface area contributed by atoms with Crippen molar-refractivity contribution in [2.24, 2.45) is 0 Å². The number of carbonyl (C=O) groups excluding carboxylic acids is 1. The average molecular weight is 989 g/mol. The Hall–Kier alpha value is -1.27. The summed E-state index contributed by atoms with van der Waals surface area (Å²) in [6, 6.07) is 0. The van der Waals surface area contributed by atoms with Crippen LogP contribution in [-0.4, -0.2) is 142 Å². The summed E-state index contributed by atoms with van der Waals surface area (Å²) in [5.74, 6) is -0.383. The molecule has 0 aromatic rings. The molecule has 0 radical (unpaired) electrons. The van der Waals surface area contributed by atoms with Gasteiger partial charge in [0.25, 0.3) is 0 Å². The Morgan fingerprint density at radius 3 is 1.38 bits per heavy atom. The monoisotopic (exact) mass is 989 g/mol. The van der Waals surface area contributed by atoms with E-state index in [1.807, 2.05) is 0 Å². The van der Waals surface area contributed by atoms with Crippen LogP contribution in [0.1, 0.15) is 232 Å². The summed E-state index contributed by atoms with van der Waals surface area (Å²) in [6.07, 6.45) is 30.2. The SMILES string of the molecule is CCC/C=C\CCCCCCCC(=O)OC(COCCCCCCCCCCCCCCCCCCCCCCCCCCC)COC1OC(COC2OC(CO)C(O)C(O)C2O)C(O)C(O)C1O. The molecule has 0 aromatic heterocycles. The number of rotatable bonds is 46. The molecule has 11 unspecified atom stereocenters. The number of unbranched alkanes of at least 4 members (excludes halogenated alkanes) is 30. The molecule has 69 heavy (non-hydrogen) atoms. The molecule has 2 aliphatic rings. The predicted octanol–water partition coefficient (Wildman–Crippen LogP) is 9.41. The van der Waals surface area contributed by atoms with Gasteiger partial charge in [-0.25, -0.2) is 0 Å². The molecule has 408 valence electrons. The average Bonchev–Trinajstić information content (AvgIpc) is 3.35. The van der Waals surface area contributed by atoms with Crippen molar-refractivity contribution in [3.63, 3.8) is 0 Å². The number of ether oxygens (including phenoxy) is 6. The topological polar surface area (TPSA) is 214 Å². The molecule has 2 aliphatic heterocycles. The number of allylic oxidation sites excluding steroid dienone is 2. The minimum Gasteiger partial charge on any atom is -0.457 e. The second-order valence-corrected chi connectivity index (χ2v) is 20.1. The number of aliphatic hydroxyl groups excluding tert-OH is 7. The van der Waals surface area contributed by atoms with Crippen LogP contribution in [0.15, 0.2) is 12.2 Å². The predicted molar refractivity (Wildman–Crippen MR) is 271 cm³/mol. The van der Waals surface area contributed by atoms with E-state index in [-0.39, 0.29) is 25.6 Å². The summed E-state index contributed by atoms with van der Waals surface area (Å²) in [7, 11) is 0. The van der Waals surface area contributed by atoms with Gasteiger partial charge < -0.3 is 64.2 Å². The highest BCUT2D eigenvalue weighted by atomic mass is 16.7. The maximum atomic E-state index is 13.0. The highest BCUT2D eigenvalue weighted by Crippen LogP contribution is 2.27. The van der Waals surface area contributed by atoms with E-state index in [0.29, 0.717) is 13.0 Å². The summed E-state index contributed by atoms with van der Waals surface area (Å²) in [4.78, 5) is 13.0. The Morgan fingerprint density at radius 2 is 0.884 bits per heavy atom. The van der Waals surface area contributed by atoms with Crippen molar-refractivity contribution in [1.82, 2.24) is 0 Å². The lowest BCUT2D eigenvalue weighted by Crippen LogP contribution is -2.61. The molecular formula is C55H104O14. The Kier molecular flexibility index (Phi) is 39.9.